The molecule has 0 fully saturated rings. The topological polar surface area (TPSA) is 68.2 Å². The van der Waals surface area contributed by atoms with E-state index in [9.17, 15) is 9.90 Å². The molecule has 6 nitrogen and oxygen atoms in total. The summed E-state index contributed by atoms with van der Waals surface area (Å²) in [4.78, 5) is 13.3. The maximum Gasteiger partial charge on any atom is 0.326 e. The summed E-state index contributed by atoms with van der Waals surface area (Å²) in [5, 5.41) is 11.6. The van der Waals surface area contributed by atoms with Crippen LogP contribution < -0.4 is 13.8 Å². The average molecular weight is 488 g/mol. The molecule has 1 atom stereocenters. The summed E-state index contributed by atoms with van der Waals surface area (Å²) in [5.41, 5.74) is 1.93. The third-order valence-electron chi connectivity index (χ3n) is 4.82. The van der Waals surface area contributed by atoms with Crippen molar-refractivity contribution in [3.8, 4) is 11.5 Å². The quantitative estimate of drug-likeness (QED) is 0.298. The van der Waals surface area contributed by atoms with E-state index in [1.54, 1.807) is 49.7 Å². The fourth-order valence-corrected chi connectivity index (χ4v) is 4.44. The summed E-state index contributed by atoms with van der Waals surface area (Å²) in [5.74, 6) is 0.783. The molecular formula is C25H26ClNO5S. The number of aliphatic hydroxyl groups excluding tert-OH is 1. The third-order valence-corrected chi connectivity index (χ3v) is 6.06. The SMILES string of the molecule is CCOC(=O)CN(Sc1ccc(OC)c(OC)c1)c1ccc(Cl)cc1C(O)c1ccccc1. The first-order valence-electron chi connectivity index (χ1n) is 10.3. The molecule has 0 aliphatic heterocycles. The highest BCUT2D eigenvalue weighted by molar-refractivity contribution is 8.00. The maximum absolute atomic E-state index is 12.4. The Labute approximate surface area is 203 Å². The molecule has 174 valence electrons. The van der Waals surface area contributed by atoms with Crippen LogP contribution in [0.1, 0.15) is 24.2 Å². The molecule has 3 rings (SSSR count). The number of esters is 1. The monoisotopic (exact) mass is 487 g/mol. The zero-order chi connectivity index (χ0) is 23.8. The van der Waals surface area contributed by atoms with Crippen molar-refractivity contribution < 1.29 is 24.1 Å². The number of anilines is 1. The fraction of sp³-hybridized carbons (Fsp3) is 0.240. The lowest BCUT2D eigenvalue weighted by Crippen LogP contribution is -2.26. The first kappa shape index (κ1) is 24.8. The van der Waals surface area contributed by atoms with Gasteiger partial charge in [-0.1, -0.05) is 41.9 Å². The Morgan fingerprint density at radius 2 is 1.76 bits per heavy atom. The largest absolute Gasteiger partial charge is 0.493 e. The molecule has 0 saturated heterocycles. The van der Waals surface area contributed by atoms with Crippen molar-refractivity contribution in [3.05, 3.63) is 82.9 Å². The maximum atomic E-state index is 12.4. The predicted octanol–water partition coefficient (Wildman–Crippen LogP) is 5.52. The molecule has 0 aliphatic carbocycles. The highest BCUT2D eigenvalue weighted by atomic mass is 35.5. The van der Waals surface area contributed by atoms with E-state index in [-0.39, 0.29) is 19.1 Å². The molecule has 0 radical (unpaired) electrons. The highest BCUT2D eigenvalue weighted by Gasteiger charge is 2.23. The zero-order valence-electron chi connectivity index (χ0n) is 18.7. The Balaban J connectivity index is 2.03. The van der Waals surface area contributed by atoms with Crippen molar-refractivity contribution in [2.45, 2.75) is 17.9 Å². The second-order valence-electron chi connectivity index (χ2n) is 6.97. The van der Waals surface area contributed by atoms with Gasteiger partial charge in [0.25, 0.3) is 0 Å². The Morgan fingerprint density at radius 3 is 2.42 bits per heavy atom. The van der Waals surface area contributed by atoms with E-state index in [0.29, 0.717) is 33.3 Å². The number of hydrogen-bond donors (Lipinski definition) is 1. The van der Waals surface area contributed by atoms with Gasteiger partial charge in [0.05, 0.1) is 26.5 Å². The van der Waals surface area contributed by atoms with Crippen molar-refractivity contribution in [3.63, 3.8) is 0 Å². The minimum Gasteiger partial charge on any atom is -0.493 e. The smallest absolute Gasteiger partial charge is 0.326 e. The summed E-state index contributed by atoms with van der Waals surface area (Å²) in [6, 6.07) is 20.0. The Kier molecular flexibility index (Phi) is 8.88. The number of carbonyl (C=O) groups is 1. The van der Waals surface area contributed by atoms with Gasteiger partial charge in [-0.3, -0.25) is 4.79 Å². The van der Waals surface area contributed by atoms with Crippen LogP contribution in [-0.4, -0.2) is 38.4 Å². The number of carbonyl (C=O) groups excluding carboxylic acids is 1. The van der Waals surface area contributed by atoms with Crippen LogP contribution in [0.15, 0.2) is 71.6 Å². The molecule has 0 bridgehead atoms. The van der Waals surface area contributed by atoms with Crippen molar-refractivity contribution >= 4 is 35.2 Å². The van der Waals surface area contributed by atoms with Gasteiger partial charge in [-0.25, -0.2) is 0 Å². The van der Waals surface area contributed by atoms with E-state index in [1.165, 1.54) is 11.9 Å². The van der Waals surface area contributed by atoms with E-state index in [0.717, 1.165) is 4.90 Å². The summed E-state index contributed by atoms with van der Waals surface area (Å²) in [7, 11) is 3.14. The average Bonchev–Trinajstić information content (AvgIpc) is 2.83. The van der Waals surface area contributed by atoms with Crippen LogP contribution in [0.3, 0.4) is 0 Å². The molecule has 0 amide bonds. The van der Waals surface area contributed by atoms with Gasteiger partial charge in [-0.15, -0.1) is 0 Å². The summed E-state index contributed by atoms with van der Waals surface area (Å²) in [6.45, 7) is 1.99. The molecule has 3 aromatic rings. The van der Waals surface area contributed by atoms with E-state index in [1.807, 2.05) is 42.5 Å². The standard InChI is InChI=1S/C25H26ClNO5S/c1-4-32-24(28)16-27(33-19-11-13-22(30-2)23(15-19)31-3)21-12-10-18(26)14-20(21)25(29)17-8-6-5-7-9-17/h5-15,25,29H,4,16H2,1-3H3. The molecule has 0 saturated carbocycles. The van der Waals surface area contributed by atoms with E-state index in [4.69, 9.17) is 25.8 Å². The number of rotatable bonds is 10. The van der Waals surface area contributed by atoms with E-state index >= 15 is 0 Å². The predicted molar refractivity (Wildman–Crippen MR) is 131 cm³/mol. The third kappa shape index (κ3) is 6.35. The van der Waals surface area contributed by atoms with Gasteiger partial charge in [0.1, 0.15) is 12.6 Å². The zero-order valence-corrected chi connectivity index (χ0v) is 20.2. The van der Waals surface area contributed by atoms with Crippen LogP contribution >= 0.6 is 23.5 Å². The lowest BCUT2D eigenvalue weighted by molar-refractivity contribution is -0.141. The number of nitrogens with zero attached hydrogens (tertiary/aromatic N) is 1. The van der Waals surface area contributed by atoms with Crippen LogP contribution in [0, 0.1) is 0 Å². The molecule has 3 aromatic carbocycles. The van der Waals surface area contributed by atoms with Crippen molar-refractivity contribution in [2.24, 2.45) is 0 Å². The molecule has 1 N–H and O–H groups in total. The summed E-state index contributed by atoms with van der Waals surface area (Å²) in [6.07, 6.45) is -0.935. The van der Waals surface area contributed by atoms with Gasteiger partial charge in [0.15, 0.2) is 11.5 Å². The minimum atomic E-state index is -0.935. The van der Waals surface area contributed by atoms with Crippen LogP contribution in [0.2, 0.25) is 5.02 Å². The van der Waals surface area contributed by atoms with Crippen molar-refractivity contribution in [1.29, 1.82) is 0 Å². The number of ether oxygens (including phenoxy) is 3. The molecule has 0 spiro atoms. The van der Waals surface area contributed by atoms with Crippen LogP contribution in [0.5, 0.6) is 11.5 Å². The Hall–Kier alpha value is -2.87. The lowest BCUT2D eigenvalue weighted by Gasteiger charge is -2.27. The molecule has 0 aliphatic rings. The Bertz CT molecular complexity index is 1080. The second-order valence-corrected chi connectivity index (χ2v) is 8.50. The molecule has 1 unspecified atom stereocenters. The first-order valence-corrected chi connectivity index (χ1v) is 11.5. The van der Waals surface area contributed by atoms with Gasteiger partial charge in [0, 0.05) is 15.5 Å². The molecular weight excluding hydrogens is 462 g/mol. The number of benzene rings is 3. The van der Waals surface area contributed by atoms with Gasteiger partial charge in [-0.2, -0.15) is 0 Å². The van der Waals surface area contributed by atoms with Crippen LogP contribution in [-0.2, 0) is 9.53 Å². The van der Waals surface area contributed by atoms with Gasteiger partial charge in [-0.05, 0) is 60.8 Å². The number of methoxy groups -OCH3 is 2. The van der Waals surface area contributed by atoms with Gasteiger partial charge >= 0.3 is 5.97 Å². The molecule has 33 heavy (non-hydrogen) atoms. The summed E-state index contributed by atoms with van der Waals surface area (Å²) >= 11 is 7.60. The van der Waals surface area contributed by atoms with Crippen LogP contribution in [0.25, 0.3) is 0 Å². The van der Waals surface area contributed by atoms with Crippen molar-refractivity contribution in [2.75, 3.05) is 31.7 Å². The van der Waals surface area contributed by atoms with Gasteiger partial charge in [0.2, 0.25) is 0 Å². The first-order chi connectivity index (χ1) is 16.0. The van der Waals surface area contributed by atoms with E-state index in [2.05, 4.69) is 0 Å². The Morgan fingerprint density at radius 1 is 1.03 bits per heavy atom. The molecule has 0 heterocycles. The highest BCUT2D eigenvalue weighted by Crippen LogP contribution is 2.39. The van der Waals surface area contributed by atoms with Crippen LogP contribution in [0.4, 0.5) is 5.69 Å². The molecule has 0 aromatic heterocycles. The summed E-state index contributed by atoms with van der Waals surface area (Å²) < 4.78 is 17.7. The number of halogens is 1. The molecule has 8 heteroatoms. The fourth-order valence-electron chi connectivity index (χ4n) is 3.28. The normalized spacial score (nSPS) is 11.5. The number of hydrogen-bond acceptors (Lipinski definition) is 7. The lowest BCUT2D eigenvalue weighted by atomic mass is 10.00. The second kappa shape index (κ2) is 11.8. The van der Waals surface area contributed by atoms with Crippen molar-refractivity contribution in [1.82, 2.24) is 0 Å². The van der Waals surface area contributed by atoms with E-state index < -0.39 is 6.10 Å². The van der Waals surface area contributed by atoms with Gasteiger partial charge < -0.3 is 23.6 Å². The minimum absolute atomic E-state index is 0.0387. The number of aliphatic hydroxyl groups is 1.